The Bertz CT molecular complexity index is 1320. The van der Waals surface area contributed by atoms with E-state index in [1.807, 2.05) is 12.1 Å². The number of carboxylic acid groups (broad SMARTS) is 1. The minimum absolute atomic E-state index is 0.100. The molecule has 0 bridgehead atoms. The molecule has 14 heteroatoms. The van der Waals surface area contributed by atoms with E-state index < -0.39 is 71.9 Å². The molecule has 1 aromatic carbocycles. The number of aliphatic carboxylic acids is 1. The van der Waals surface area contributed by atoms with Gasteiger partial charge < -0.3 is 33.9 Å². The van der Waals surface area contributed by atoms with Crippen molar-refractivity contribution in [3.63, 3.8) is 0 Å². The van der Waals surface area contributed by atoms with Crippen molar-refractivity contribution in [1.82, 2.24) is 9.80 Å². The smallest absolute Gasteiger partial charge is 0.410 e. The molecule has 0 spiro atoms. The third-order valence-corrected chi connectivity index (χ3v) is 8.35. The normalized spacial score (nSPS) is 17.6. The second kappa shape index (κ2) is 16.6. The van der Waals surface area contributed by atoms with Gasteiger partial charge in [0.05, 0.1) is 13.2 Å². The largest absolute Gasteiger partial charge is 0.479 e. The monoisotopic (exact) mass is 693 g/mol. The highest BCUT2D eigenvalue weighted by Crippen LogP contribution is 2.35. The van der Waals surface area contributed by atoms with Gasteiger partial charge in [0.1, 0.15) is 23.4 Å². The van der Waals surface area contributed by atoms with Crippen LogP contribution in [-0.2, 0) is 44.5 Å². The number of morpholine rings is 1. The van der Waals surface area contributed by atoms with Crippen LogP contribution in [0.3, 0.4) is 0 Å². The van der Waals surface area contributed by atoms with Crippen molar-refractivity contribution in [2.24, 2.45) is 5.92 Å². The van der Waals surface area contributed by atoms with Gasteiger partial charge in [0.15, 0.2) is 12.2 Å². The molecule has 13 nitrogen and oxygen atoms in total. The molecule has 4 atom stereocenters. The van der Waals surface area contributed by atoms with E-state index >= 15 is 4.39 Å². The highest BCUT2D eigenvalue weighted by atomic mass is 19.1. The molecule has 1 saturated carbocycles. The number of carboxylic acids is 1. The van der Waals surface area contributed by atoms with Gasteiger partial charge in [-0.25, -0.2) is 23.6 Å². The Kier molecular flexibility index (Phi) is 13.4. The van der Waals surface area contributed by atoms with Crippen LogP contribution in [0.15, 0.2) is 24.3 Å². The van der Waals surface area contributed by atoms with Crippen molar-refractivity contribution in [1.29, 1.82) is 0 Å². The van der Waals surface area contributed by atoms with Crippen LogP contribution in [0, 0.1) is 5.92 Å². The van der Waals surface area contributed by atoms with Crippen molar-refractivity contribution in [2.75, 3.05) is 45.3 Å². The van der Waals surface area contributed by atoms with E-state index in [0.29, 0.717) is 18.8 Å². The maximum Gasteiger partial charge on any atom is 0.410 e. The number of benzene rings is 1. The molecule has 1 heterocycles. The Balaban J connectivity index is 1.94. The molecule has 1 aliphatic heterocycles. The number of likely N-dealkylation sites (N-methyl/N-ethyl adjacent to an activating group) is 2. The second-order valence-electron chi connectivity index (χ2n) is 14.5. The number of carbonyl (C=O) groups is 5. The number of hydrogen-bond donors (Lipinski definition) is 1. The van der Waals surface area contributed by atoms with E-state index in [2.05, 4.69) is 4.90 Å². The van der Waals surface area contributed by atoms with E-state index in [1.54, 1.807) is 32.9 Å². The van der Waals surface area contributed by atoms with Crippen LogP contribution in [0.1, 0.15) is 72.8 Å². The van der Waals surface area contributed by atoms with E-state index in [0.717, 1.165) is 41.4 Å². The fourth-order valence-corrected chi connectivity index (χ4v) is 5.34. The molecule has 1 N–H and O–H groups in total. The van der Waals surface area contributed by atoms with Crippen LogP contribution in [-0.4, -0.2) is 121 Å². The number of nitrogens with zero attached hydrogens (tertiary/aromatic N) is 3. The maximum atomic E-state index is 15.0. The molecule has 2 amide bonds. The summed E-state index contributed by atoms with van der Waals surface area (Å²) in [6.07, 6.45) is -2.44. The quantitative estimate of drug-likeness (QED) is 0.210. The molecule has 1 aromatic rings. The first-order chi connectivity index (χ1) is 22.8. The van der Waals surface area contributed by atoms with Gasteiger partial charge in [-0.05, 0) is 71.6 Å². The SMILES string of the molecule is CC(OC(=O)C(CC1CC1)N(C)C(=O)C(Cc1ccc(N2CCOCC2)cc1)OC(=O)C(CC(C)(C)F)N(C)C(=O)OC(C)(C)C)C(=O)O. The molecule has 2 aliphatic rings. The highest BCUT2D eigenvalue weighted by Gasteiger charge is 2.42. The van der Waals surface area contributed by atoms with E-state index in [1.165, 1.54) is 34.9 Å². The lowest BCUT2D eigenvalue weighted by molar-refractivity contribution is -0.172. The van der Waals surface area contributed by atoms with Gasteiger partial charge in [-0.3, -0.25) is 9.69 Å². The minimum Gasteiger partial charge on any atom is -0.479 e. The summed E-state index contributed by atoms with van der Waals surface area (Å²) in [5, 5.41) is 9.30. The summed E-state index contributed by atoms with van der Waals surface area (Å²) >= 11 is 0. The lowest BCUT2D eigenvalue weighted by Crippen LogP contribution is -2.52. The maximum absolute atomic E-state index is 15.0. The Morgan fingerprint density at radius 3 is 2.02 bits per heavy atom. The molecule has 3 rings (SSSR count). The molecular formula is C35H52FN3O10. The molecule has 49 heavy (non-hydrogen) atoms. The zero-order valence-corrected chi connectivity index (χ0v) is 29.9. The van der Waals surface area contributed by atoms with Crippen molar-refractivity contribution >= 4 is 35.6 Å². The predicted octanol–water partition coefficient (Wildman–Crippen LogP) is 3.99. The van der Waals surface area contributed by atoms with E-state index in [9.17, 15) is 29.1 Å². The van der Waals surface area contributed by atoms with Gasteiger partial charge in [0.2, 0.25) is 0 Å². The van der Waals surface area contributed by atoms with Crippen LogP contribution in [0.4, 0.5) is 14.9 Å². The molecule has 1 aliphatic carbocycles. The Morgan fingerprint density at radius 2 is 1.51 bits per heavy atom. The Morgan fingerprint density at radius 1 is 0.939 bits per heavy atom. The summed E-state index contributed by atoms with van der Waals surface area (Å²) in [5.74, 6) is -3.86. The molecule has 1 saturated heterocycles. The van der Waals surface area contributed by atoms with E-state index in [-0.39, 0.29) is 18.8 Å². The molecule has 0 aromatic heterocycles. The van der Waals surface area contributed by atoms with Crippen molar-refractivity contribution in [2.45, 2.75) is 109 Å². The first-order valence-corrected chi connectivity index (χ1v) is 16.7. The average molecular weight is 694 g/mol. The number of hydrogen-bond acceptors (Lipinski definition) is 10. The summed E-state index contributed by atoms with van der Waals surface area (Å²) < 4.78 is 36.9. The minimum atomic E-state index is -1.91. The van der Waals surface area contributed by atoms with Gasteiger partial charge in [-0.1, -0.05) is 25.0 Å². The standard InChI is InChI=1S/C35H52FN3O10/c1-22(30(41)42)47-31(43)26(19-23-9-10-23)37(7)29(40)28(20-24-11-13-25(14-12-24)39-15-17-46-18-16-39)48-32(44)27(21-35(5,6)36)38(8)33(45)49-34(2,3)4/h11-14,22-23,26-28H,9-10,15-21H2,1-8H3,(H,41,42). The summed E-state index contributed by atoms with van der Waals surface area (Å²) in [4.78, 5) is 69.9. The fourth-order valence-electron chi connectivity index (χ4n) is 5.34. The number of amides is 2. The number of anilines is 1. The van der Waals surface area contributed by atoms with Gasteiger partial charge in [0.25, 0.3) is 5.91 Å². The number of rotatable bonds is 15. The van der Waals surface area contributed by atoms with E-state index in [4.69, 9.17) is 18.9 Å². The van der Waals surface area contributed by atoms with Crippen molar-refractivity contribution in [3.05, 3.63) is 29.8 Å². The second-order valence-corrected chi connectivity index (χ2v) is 14.5. The van der Waals surface area contributed by atoms with Crippen LogP contribution in [0.2, 0.25) is 0 Å². The summed E-state index contributed by atoms with van der Waals surface area (Å²) in [5.41, 5.74) is -1.22. The lowest BCUT2D eigenvalue weighted by atomic mass is 9.99. The van der Waals surface area contributed by atoms with Crippen LogP contribution >= 0.6 is 0 Å². The third kappa shape index (κ3) is 12.5. The van der Waals surface area contributed by atoms with Crippen LogP contribution < -0.4 is 4.90 Å². The topological polar surface area (TPSA) is 152 Å². The van der Waals surface area contributed by atoms with Gasteiger partial charge in [-0.15, -0.1) is 0 Å². The number of carbonyl (C=O) groups excluding carboxylic acids is 4. The molecule has 0 radical (unpaired) electrons. The van der Waals surface area contributed by atoms with Gasteiger partial charge in [0, 0.05) is 45.7 Å². The van der Waals surface area contributed by atoms with Crippen molar-refractivity contribution < 1.29 is 52.4 Å². The highest BCUT2D eigenvalue weighted by molar-refractivity contribution is 5.90. The predicted molar refractivity (Wildman–Crippen MR) is 178 cm³/mol. The van der Waals surface area contributed by atoms with Crippen molar-refractivity contribution in [3.8, 4) is 0 Å². The van der Waals surface area contributed by atoms with Gasteiger partial charge >= 0.3 is 24.0 Å². The Labute approximate surface area is 288 Å². The first kappa shape index (κ1) is 39.5. The molecular weight excluding hydrogens is 641 g/mol. The van der Waals surface area contributed by atoms with Gasteiger partial charge in [-0.2, -0.15) is 0 Å². The summed E-state index contributed by atoms with van der Waals surface area (Å²) in [6, 6.07) is 4.79. The lowest BCUT2D eigenvalue weighted by Gasteiger charge is -2.34. The zero-order valence-electron chi connectivity index (χ0n) is 29.9. The summed E-state index contributed by atoms with van der Waals surface area (Å²) in [7, 11) is 2.67. The average Bonchev–Trinajstić information content (AvgIpc) is 3.85. The molecule has 4 unspecified atom stereocenters. The summed E-state index contributed by atoms with van der Waals surface area (Å²) in [6.45, 7) is 11.3. The number of alkyl halides is 1. The third-order valence-electron chi connectivity index (χ3n) is 8.35. The van der Waals surface area contributed by atoms with Crippen LogP contribution in [0.25, 0.3) is 0 Å². The number of ether oxygens (including phenoxy) is 4. The number of esters is 2. The van der Waals surface area contributed by atoms with Crippen LogP contribution in [0.5, 0.6) is 0 Å². The molecule has 2 fully saturated rings. The zero-order chi connectivity index (χ0) is 36.7. The fraction of sp³-hybridized carbons (Fsp3) is 0.686. The number of halogens is 1. The Hall–Kier alpha value is -3.94. The first-order valence-electron chi connectivity index (χ1n) is 16.7. The molecule has 274 valence electrons.